The molecular weight excluding hydrogens is 227 g/mol. The summed E-state index contributed by atoms with van der Waals surface area (Å²) in [5, 5.41) is 4.21. The van der Waals surface area contributed by atoms with Crippen molar-refractivity contribution in [3.8, 4) is 0 Å². The first-order valence-electron chi connectivity index (χ1n) is 4.97. The topological polar surface area (TPSA) is 68.8 Å². The van der Waals surface area contributed by atoms with Gasteiger partial charge in [0.1, 0.15) is 5.96 Å². The van der Waals surface area contributed by atoms with Gasteiger partial charge in [0.05, 0.1) is 12.3 Å². The molecule has 0 fully saturated rings. The van der Waals surface area contributed by atoms with Gasteiger partial charge in [-0.1, -0.05) is 0 Å². The number of hydrogen-bond acceptors (Lipinski definition) is 4. The minimum atomic E-state index is -3.07. The van der Waals surface area contributed by atoms with E-state index < -0.39 is 7.52 Å². The lowest BCUT2D eigenvalue weighted by Crippen LogP contribution is -2.10. The Morgan fingerprint density at radius 1 is 1.50 bits per heavy atom. The first-order chi connectivity index (χ1) is 7.54. The van der Waals surface area contributed by atoms with E-state index >= 15 is 0 Å². The predicted molar refractivity (Wildman–Crippen MR) is 62.3 cm³/mol. The quantitative estimate of drug-likeness (QED) is 0.742. The Morgan fingerprint density at radius 2 is 2.25 bits per heavy atom. The molecule has 0 N–H and O–H groups in total. The summed E-state index contributed by atoms with van der Waals surface area (Å²) in [7, 11) is -3.07. The molecule has 0 bridgehead atoms. The zero-order chi connectivity index (χ0) is 11.8. The van der Waals surface area contributed by atoms with E-state index in [1.54, 1.807) is 11.6 Å². The molecule has 1 aromatic rings. The van der Waals surface area contributed by atoms with Gasteiger partial charge in [-0.05, 0) is 26.8 Å². The van der Waals surface area contributed by atoms with Crippen LogP contribution in [0.1, 0.15) is 18.3 Å². The van der Waals surface area contributed by atoms with Crippen LogP contribution in [0.4, 0.5) is 0 Å². The van der Waals surface area contributed by atoms with Crippen LogP contribution < -0.4 is 0 Å². The maximum atomic E-state index is 11.9. The Labute approximate surface area is 93.6 Å². The van der Waals surface area contributed by atoms with Crippen LogP contribution in [-0.2, 0) is 9.09 Å². The van der Waals surface area contributed by atoms with Crippen molar-refractivity contribution in [3.05, 3.63) is 17.5 Å². The van der Waals surface area contributed by atoms with E-state index in [-0.39, 0.29) is 0 Å². The monoisotopic (exact) mass is 240 g/mol. The van der Waals surface area contributed by atoms with Crippen molar-refractivity contribution in [2.45, 2.75) is 20.8 Å². The molecule has 0 spiro atoms. The molecule has 7 heteroatoms. The summed E-state index contributed by atoms with van der Waals surface area (Å²) in [5.41, 5.74) is 1.77. The Balaban J connectivity index is 2.36. The van der Waals surface area contributed by atoms with E-state index in [0.29, 0.717) is 12.6 Å². The van der Waals surface area contributed by atoms with Crippen molar-refractivity contribution >= 4 is 19.4 Å². The van der Waals surface area contributed by atoms with Gasteiger partial charge < -0.3 is 4.52 Å². The molecule has 0 saturated carbocycles. The van der Waals surface area contributed by atoms with E-state index in [2.05, 4.69) is 14.9 Å². The molecule has 1 aromatic heterocycles. The van der Waals surface area contributed by atoms with Gasteiger partial charge in [0.15, 0.2) is 0 Å². The van der Waals surface area contributed by atoms with Crippen LogP contribution in [-0.4, -0.2) is 28.3 Å². The van der Waals surface area contributed by atoms with Crippen LogP contribution in [0.3, 0.4) is 0 Å². The van der Waals surface area contributed by atoms with E-state index in [0.717, 1.165) is 11.4 Å². The summed E-state index contributed by atoms with van der Waals surface area (Å²) in [5.74, 6) is 1.59. The first-order valence-corrected chi connectivity index (χ1v) is 6.62. The number of nitrogens with zero attached hydrogens (tertiary/aromatic N) is 4. The summed E-state index contributed by atoms with van der Waals surface area (Å²) < 4.78 is 22.5. The summed E-state index contributed by atoms with van der Waals surface area (Å²) in [6.45, 7) is 5.88. The second-order valence-electron chi connectivity index (χ2n) is 3.47. The van der Waals surface area contributed by atoms with Crippen LogP contribution in [0.5, 0.6) is 0 Å². The normalized spacial score (nSPS) is 23.8. The molecule has 86 valence electrons. The van der Waals surface area contributed by atoms with Crippen molar-refractivity contribution in [3.63, 3.8) is 0 Å². The van der Waals surface area contributed by atoms with Gasteiger partial charge in [-0.2, -0.15) is 9.86 Å². The molecule has 0 aromatic carbocycles. The first kappa shape index (κ1) is 11.2. The van der Waals surface area contributed by atoms with E-state index in [1.165, 1.54) is 5.96 Å². The molecule has 16 heavy (non-hydrogen) atoms. The largest absolute Gasteiger partial charge is 0.358 e. The van der Waals surface area contributed by atoms with Gasteiger partial charge in [0.2, 0.25) is 0 Å². The maximum Gasteiger partial charge on any atom is 0.358 e. The lowest BCUT2D eigenvalue weighted by Gasteiger charge is -2.02. The summed E-state index contributed by atoms with van der Waals surface area (Å²) in [6, 6.07) is 1.90. The standard InChI is InChI=1S/C9H13N4O2P/c1-4-15-16(14)6-10-9(12-16)13-8(3)5-7(2)11-13/h5-6H,4H2,1-3H3. The van der Waals surface area contributed by atoms with Crippen molar-refractivity contribution in [1.82, 2.24) is 9.78 Å². The van der Waals surface area contributed by atoms with E-state index in [9.17, 15) is 4.57 Å². The molecule has 1 aliphatic rings. The molecule has 1 unspecified atom stereocenters. The zero-order valence-electron chi connectivity index (χ0n) is 9.41. The molecule has 0 aliphatic carbocycles. The third kappa shape index (κ3) is 1.99. The van der Waals surface area contributed by atoms with Crippen molar-refractivity contribution < 1.29 is 9.09 Å². The zero-order valence-corrected chi connectivity index (χ0v) is 10.3. The van der Waals surface area contributed by atoms with Crippen LogP contribution in [0, 0.1) is 13.8 Å². The fraction of sp³-hybridized carbons (Fsp3) is 0.444. The van der Waals surface area contributed by atoms with Crippen LogP contribution >= 0.6 is 7.52 Å². The average Bonchev–Trinajstić information content (AvgIpc) is 2.71. The third-order valence-corrected chi connectivity index (χ3v) is 3.55. The van der Waals surface area contributed by atoms with Gasteiger partial charge >= 0.3 is 7.52 Å². The Hall–Kier alpha value is -1.26. The predicted octanol–water partition coefficient (Wildman–Crippen LogP) is 1.98. The molecule has 2 rings (SSSR count). The molecule has 6 nitrogen and oxygen atoms in total. The Kier molecular flexibility index (Phi) is 2.78. The van der Waals surface area contributed by atoms with Crippen LogP contribution in [0.2, 0.25) is 0 Å². The van der Waals surface area contributed by atoms with Gasteiger partial charge in [-0.15, -0.1) is 0 Å². The van der Waals surface area contributed by atoms with Crippen molar-refractivity contribution in [2.24, 2.45) is 9.76 Å². The van der Waals surface area contributed by atoms with Gasteiger partial charge in [-0.3, -0.25) is 4.57 Å². The highest BCUT2D eigenvalue weighted by molar-refractivity contribution is 7.73. The van der Waals surface area contributed by atoms with Crippen molar-refractivity contribution in [1.29, 1.82) is 0 Å². The number of aromatic nitrogens is 2. The second-order valence-corrected chi connectivity index (χ2v) is 5.28. The Morgan fingerprint density at radius 3 is 2.81 bits per heavy atom. The second kappa shape index (κ2) is 3.96. The SMILES string of the molecule is CCOP1(=O)C=NC(n2nc(C)cc2C)=N1. The molecule has 1 atom stereocenters. The lowest BCUT2D eigenvalue weighted by molar-refractivity contribution is 0.345. The van der Waals surface area contributed by atoms with Crippen LogP contribution in [0.15, 0.2) is 15.8 Å². The number of aryl methyl sites for hydroxylation is 2. The maximum absolute atomic E-state index is 11.9. The molecule has 0 saturated heterocycles. The smallest absolute Gasteiger partial charge is 0.308 e. The molecule has 0 radical (unpaired) electrons. The minimum absolute atomic E-state index is 0.322. The van der Waals surface area contributed by atoms with Crippen molar-refractivity contribution in [2.75, 3.05) is 6.61 Å². The molecule has 2 heterocycles. The summed E-state index contributed by atoms with van der Waals surface area (Å²) >= 11 is 0. The molecule has 1 aliphatic heterocycles. The fourth-order valence-electron chi connectivity index (χ4n) is 1.48. The fourth-order valence-corrected chi connectivity index (χ4v) is 2.66. The van der Waals surface area contributed by atoms with Gasteiger partial charge in [-0.25, -0.2) is 9.67 Å². The van der Waals surface area contributed by atoms with Gasteiger partial charge in [0, 0.05) is 5.69 Å². The highest BCUT2D eigenvalue weighted by atomic mass is 31.2. The molecular formula is C9H13N4O2P. The number of rotatable bonds is 2. The third-order valence-electron chi connectivity index (χ3n) is 2.06. The van der Waals surface area contributed by atoms with E-state index in [4.69, 9.17) is 4.52 Å². The van der Waals surface area contributed by atoms with Crippen LogP contribution in [0.25, 0.3) is 0 Å². The summed E-state index contributed by atoms with van der Waals surface area (Å²) in [4.78, 5) is 3.99. The number of hydrogen-bond donors (Lipinski definition) is 0. The molecule has 0 amide bonds. The van der Waals surface area contributed by atoms with Gasteiger partial charge in [0.25, 0.3) is 5.96 Å². The lowest BCUT2D eigenvalue weighted by atomic mass is 10.4. The number of aliphatic imine (C=N–C) groups is 1. The highest BCUT2D eigenvalue weighted by Crippen LogP contribution is 2.48. The van der Waals surface area contributed by atoms with E-state index in [1.807, 2.05) is 19.9 Å². The highest BCUT2D eigenvalue weighted by Gasteiger charge is 2.27. The minimum Gasteiger partial charge on any atom is -0.308 e. The Bertz CT molecular complexity index is 518. The summed E-state index contributed by atoms with van der Waals surface area (Å²) in [6.07, 6.45) is 0. The average molecular weight is 240 g/mol.